The van der Waals surface area contributed by atoms with Gasteiger partial charge in [-0.05, 0) is 25.5 Å². The quantitative estimate of drug-likeness (QED) is 0.833. The minimum atomic E-state index is -0.296. The molecule has 5 nitrogen and oxygen atoms in total. The Bertz CT molecular complexity index is 586. The van der Waals surface area contributed by atoms with Crippen LogP contribution in [0.3, 0.4) is 0 Å². The smallest absolute Gasteiger partial charge is 0.259 e. The molecule has 0 saturated carbocycles. The molecule has 0 aromatic carbocycles. The van der Waals surface area contributed by atoms with Crippen molar-refractivity contribution in [2.24, 2.45) is 0 Å². The van der Waals surface area contributed by atoms with Gasteiger partial charge in [-0.3, -0.25) is 9.89 Å². The Hall–Kier alpha value is -1.59. The summed E-state index contributed by atoms with van der Waals surface area (Å²) in [7, 11) is 0. The fourth-order valence-corrected chi connectivity index (χ4v) is 2.08. The van der Waals surface area contributed by atoms with Crippen molar-refractivity contribution in [1.29, 1.82) is 0 Å². The lowest BCUT2D eigenvalue weighted by Crippen LogP contribution is -2.14. The first-order valence-corrected chi connectivity index (χ1v) is 5.88. The zero-order chi connectivity index (χ0) is 13.3. The highest BCUT2D eigenvalue weighted by atomic mass is 35.5. The van der Waals surface area contributed by atoms with E-state index in [4.69, 9.17) is 23.2 Å². The standard InChI is InChI=1S/C11H10Cl2N4O/c1-5-3-8(12)15-10(13)9(5)16-11(18)7-4-14-17-6(7)2/h3-4H,1-2H3,(H,14,17)(H,16,18). The molecule has 2 N–H and O–H groups in total. The van der Waals surface area contributed by atoms with Gasteiger partial charge in [0.05, 0.1) is 17.4 Å². The normalized spacial score (nSPS) is 10.4. The van der Waals surface area contributed by atoms with E-state index in [0.29, 0.717) is 16.9 Å². The number of amides is 1. The van der Waals surface area contributed by atoms with Crippen molar-refractivity contribution in [3.63, 3.8) is 0 Å². The van der Waals surface area contributed by atoms with E-state index in [0.717, 1.165) is 5.56 Å². The van der Waals surface area contributed by atoms with Gasteiger partial charge < -0.3 is 5.32 Å². The van der Waals surface area contributed by atoms with Crippen molar-refractivity contribution >= 4 is 34.8 Å². The van der Waals surface area contributed by atoms with Crippen LogP contribution in [0.15, 0.2) is 12.3 Å². The summed E-state index contributed by atoms with van der Waals surface area (Å²) in [5.74, 6) is -0.296. The molecule has 0 unspecified atom stereocenters. The van der Waals surface area contributed by atoms with E-state index in [-0.39, 0.29) is 16.2 Å². The molecule has 0 bridgehead atoms. The van der Waals surface area contributed by atoms with E-state index >= 15 is 0 Å². The van der Waals surface area contributed by atoms with Gasteiger partial charge in [-0.15, -0.1) is 0 Å². The molecule has 0 atom stereocenters. The van der Waals surface area contributed by atoms with Gasteiger partial charge in [0, 0.05) is 5.69 Å². The summed E-state index contributed by atoms with van der Waals surface area (Å²) in [5.41, 5.74) is 2.34. The first kappa shape index (κ1) is 12.9. The lowest BCUT2D eigenvalue weighted by Gasteiger charge is -2.09. The van der Waals surface area contributed by atoms with Crippen molar-refractivity contribution in [3.05, 3.63) is 39.4 Å². The van der Waals surface area contributed by atoms with E-state index in [1.807, 2.05) is 0 Å². The second-order valence-corrected chi connectivity index (χ2v) is 4.54. The second-order valence-electron chi connectivity index (χ2n) is 3.79. The Kier molecular flexibility index (Phi) is 3.54. The van der Waals surface area contributed by atoms with E-state index in [1.165, 1.54) is 6.20 Å². The van der Waals surface area contributed by atoms with Gasteiger partial charge in [-0.25, -0.2) is 4.98 Å². The number of nitrogens with zero attached hydrogens (tertiary/aromatic N) is 2. The predicted octanol–water partition coefficient (Wildman–Crippen LogP) is 2.98. The molecular weight excluding hydrogens is 275 g/mol. The molecule has 1 amide bonds. The van der Waals surface area contributed by atoms with Crippen molar-refractivity contribution in [3.8, 4) is 0 Å². The molecule has 0 saturated heterocycles. The van der Waals surface area contributed by atoms with E-state index in [2.05, 4.69) is 20.5 Å². The fourth-order valence-electron chi connectivity index (χ4n) is 1.51. The van der Waals surface area contributed by atoms with E-state index < -0.39 is 0 Å². The zero-order valence-corrected chi connectivity index (χ0v) is 11.2. The van der Waals surface area contributed by atoms with Gasteiger partial charge in [0.1, 0.15) is 5.15 Å². The first-order valence-electron chi connectivity index (χ1n) is 5.13. The summed E-state index contributed by atoms with van der Waals surface area (Å²) >= 11 is 11.7. The number of aromatic nitrogens is 3. The average Bonchev–Trinajstić information content (AvgIpc) is 2.69. The maximum Gasteiger partial charge on any atom is 0.259 e. The number of anilines is 1. The third-order valence-corrected chi connectivity index (χ3v) is 2.92. The second kappa shape index (κ2) is 4.96. The fraction of sp³-hybridized carbons (Fsp3) is 0.182. The molecule has 0 spiro atoms. The molecule has 0 fully saturated rings. The number of hydrogen-bond donors (Lipinski definition) is 2. The molecule has 18 heavy (non-hydrogen) atoms. The molecule has 0 aliphatic carbocycles. The molecule has 94 valence electrons. The maximum absolute atomic E-state index is 12.0. The number of carbonyl (C=O) groups excluding carboxylic acids is 1. The van der Waals surface area contributed by atoms with Gasteiger partial charge in [-0.1, -0.05) is 23.2 Å². The van der Waals surface area contributed by atoms with Crippen molar-refractivity contribution in [2.75, 3.05) is 5.32 Å². The van der Waals surface area contributed by atoms with Crippen molar-refractivity contribution < 1.29 is 4.79 Å². The van der Waals surface area contributed by atoms with E-state index in [1.54, 1.807) is 19.9 Å². The zero-order valence-electron chi connectivity index (χ0n) is 9.71. The SMILES string of the molecule is Cc1cc(Cl)nc(Cl)c1NC(=O)c1cn[nH]c1C. The minimum absolute atomic E-state index is 0.162. The highest BCUT2D eigenvalue weighted by molar-refractivity contribution is 6.35. The van der Waals surface area contributed by atoms with Gasteiger partial charge in [0.15, 0.2) is 5.15 Å². The first-order chi connectivity index (χ1) is 8.49. The van der Waals surface area contributed by atoms with Crippen LogP contribution in [0, 0.1) is 13.8 Å². The number of nitrogens with one attached hydrogen (secondary N) is 2. The highest BCUT2D eigenvalue weighted by Gasteiger charge is 2.15. The molecule has 2 aromatic rings. The topological polar surface area (TPSA) is 70.7 Å². The van der Waals surface area contributed by atoms with Gasteiger partial charge in [0.25, 0.3) is 5.91 Å². The largest absolute Gasteiger partial charge is 0.319 e. The predicted molar refractivity (Wildman–Crippen MR) is 70.3 cm³/mol. The maximum atomic E-state index is 12.0. The summed E-state index contributed by atoms with van der Waals surface area (Å²) in [6.45, 7) is 3.55. The Morgan fingerprint density at radius 1 is 1.39 bits per heavy atom. The molecule has 0 radical (unpaired) electrons. The highest BCUT2D eigenvalue weighted by Crippen LogP contribution is 2.26. The lowest BCUT2D eigenvalue weighted by atomic mass is 10.2. The van der Waals surface area contributed by atoms with Crippen LogP contribution in [0.25, 0.3) is 0 Å². The number of aromatic amines is 1. The van der Waals surface area contributed by atoms with Crippen LogP contribution in [0.4, 0.5) is 5.69 Å². The van der Waals surface area contributed by atoms with E-state index in [9.17, 15) is 4.79 Å². The number of hydrogen-bond acceptors (Lipinski definition) is 3. The summed E-state index contributed by atoms with van der Waals surface area (Å²) in [4.78, 5) is 15.9. The number of H-pyrrole nitrogens is 1. The molecular formula is C11H10Cl2N4O. The van der Waals surface area contributed by atoms with Gasteiger partial charge >= 0.3 is 0 Å². The lowest BCUT2D eigenvalue weighted by molar-refractivity contribution is 0.102. The van der Waals surface area contributed by atoms with Crippen molar-refractivity contribution in [1.82, 2.24) is 15.2 Å². The Balaban J connectivity index is 2.31. The van der Waals surface area contributed by atoms with Crippen LogP contribution in [0.2, 0.25) is 10.3 Å². The molecule has 2 aromatic heterocycles. The average molecular weight is 285 g/mol. The van der Waals surface area contributed by atoms with Crippen LogP contribution in [-0.2, 0) is 0 Å². The number of carbonyl (C=O) groups is 1. The Labute approximate surface area is 114 Å². The van der Waals surface area contributed by atoms with Crippen molar-refractivity contribution in [2.45, 2.75) is 13.8 Å². The third-order valence-electron chi connectivity index (χ3n) is 2.45. The van der Waals surface area contributed by atoms with Crippen LogP contribution < -0.4 is 5.32 Å². The molecule has 0 aliphatic heterocycles. The van der Waals surface area contributed by atoms with Gasteiger partial charge in [-0.2, -0.15) is 5.10 Å². The number of halogens is 2. The van der Waals surface area contributed by atoms with Gasteiger partial charge in [0.2, 0.25) is 0 Å². The van der Waals surface area contributed by atoms with Crippen LogP contribution in [-0.4, -0.2) is 21.1 Å². The summed E-state index contributed by atoms with van der Waals surface area (Å²) in [6, 6.07) is 1.63. The third kappa shape index (κ3) is 2.47. The van der Waals surface area contributed by atoms with Crippen LogP contribution in [0.1, 0.15) is 21.6 Å². The van der Waals surface area contributed by atoms with Crippen LogP contribution >= 0.6 is 23.2 Å². The number of rotatable bonds is 2. The molecule has 2 rings (SSSR count). The molecule has 2 heterocycles. The monoisotopic (exact) mass is 284 g/mol. The van der Waals surface area contributed by atoms with Crippen LogP contribution in [0.5, 0.6) is 0 Å². The number of pyridine rings is 1. The summed E-state index contributed by atoms with van der Waals surface area (Å²) in [5, 5.41) is 9.63. The molecule has 0 aliphatic rings. The Morgan fingerprint density at radius 2 is 2.11 bits per heavy atom. The summed E-state index contributed by atoms with van der Waals surface area (Å²) in [6.07, 6.45) is 1.46. The Morgan fingerprint density at radius 3 is 2.67 bits per heavy atom. The number of aryl methyl sites for hydroxylation is 2. The molecule has 7 heteroatoms. The summed E-state index contributed by atoms with van der Waals surface area (Å²) < 4.78 is 0. The minimum Gasteiger partial charge on any atom is -0.319 e.